The number of hydrogen-bond donors (Lipinski definition) is 2. The molecule has 25 heavy (non-hydrogen) atoms. The van der Waals surface area contributed by atoms with Crippen molar-refractivity contribution in [3.05, 3.63) is 0 Å². The molecule has 0 spiro atoms. The van der Waals surface area contributed by atoms with Crippen LogP contribution in [0.15, 0.2) is 0 Å². The molecule has 2 N–H and O–H groups in total. The normalized spacial score (nSPS) is 12.3. The van der Waals surface area contributed by atoms with E-state index in [-0.39, 0.29) is 5.97 Å². The summed E-state index contributed by atoms with van der Waals surface area (Å²) < 4.78 is 5.10. The molecule has 0 bridgehead atoms. The molecule has 0 saturated carbocycles. The monoisotopic (exact) mass is 373 g/mol. The van der Waals surface area contributed by atoms with Gasteiger partial charge in [-0.15, -0.1) is 0 Å². The van der Waals surface area contributed by atoms with E-state index in [9.17, 15) is 4.79 Å². The molecule has 1 atom stereocenters. The van der Waals surface area contributed by atoms with Crippen LogP contribution in [0, 0.1) is 0 Å². The third-order valence-corrected chi connectivity index (χ3v) is 5.14. The number of carbonyl (C=O) groups excluding carboxylic acids is 1. The lowest BCUT2D eigenvalue weighted by Gasteiger charge is -2.08. The van der Waals surface area contributed by atoms with E-state index in [0.29, 0.717) is 12.4 Å². The molecule has 1 unspecified atom stereocenters. The lowest BCUT2D eigenvalue weighted by atomic mass is 10.0. The second-order valence-corrected chi connectivity index (χ2v) is 7.63. The standard InChI is InChI=1S/C21H43NO2S/c1-2-3-4-5-6-7-8-9-10-11-12-13-14-15-16-17-18-24-21(23)20(22)19-25/h20,25H,2-19,22H2,1H3. The van der Waals surface area contributed by atoms with Gasteiger partial charge < -0.3 is 10.5 Å². The molecule has 0 rings (SSSR count). The van der Waals surface area contributed by atoms with E-state index in [0.717, 1.165) is 12.8 Å². The highest BCUT2D eigenvalue weighted by Gasteiger charge is 2.11. The highest BCUT2D eigenvalue weighted by Crippen LogP contribution is 2.13. The summed E-state index contributed by atoms with van der Waals surface area (Å²) in [5, 5.41) is 0. The summed E-state index contributed by atoms with van der Waals surface area (Å²) in [7, 11) is 0. The number of nitrogens with two attached hydrogens (primary N) is 1. The smallest absolute Gasteiger partial charge is 0.323 e. The van der Waals surface area contributed by atoms with E-state index in [2.05, 4.69) is 19.6 Å². The second kappa shape index (κ2) is 20.1. The molecule has 0 radical (unpaired) electrons. The maximum Gasteiger partial charge on any atom is 0.323 e. The molecule has 0 aliphatic rings. The van der Waals surface area contributed by atoms with Gasteiger partial charge in [-0.3, -0.25) is 4.79 Å². The quantitative estimate of drug-likeness (QED) is 0.165. The minimum Gasteiger partial charge on any atom is -0.465 e. The van der Waals surface area contributed by atoms with Gasteiger partial charge in [-0.1, -0.05) is 103 Å². The Bertz CT molecular complexity index is 287. The zero-order valence-electron chi connectivity index (χ0n) is 16.6. The summed E-state index contributed by atoms with van der Waals surface area (Å²) in [4.78, 5) is 11.3. The van der Waals surface area contributed by atoms with E-state index in [1.54, 1.807) is 0 Å². The first kappa shape index (κ1) is 24.8. The van der Waals surface area contributed by atoms with Gasteiger partial charge >= 0.3 is 5.97 Å². The maximum absolute atomic E-state index is 11.3. The number of rotatable bonds is 19. The molecule has 3 nitrogen and oxygen atoms in total. The van der Waals surface area contributed by atoms with Gasteiger partial charge in [-0.05, 0) is 6.42 Å². The van der Waals surface area contributed by atoms with Gasteiger partial charge in [-0.25, -0.2) is 0 Å². The number of carbonyl (C=O) groups is 1. The fourth-order valence-corrected chi connectivity index (χ4v) is 3.15. The predicted molar refractivity (Wildman–Crippen MR) is 112 cm³/mol. The van der Waals surface area contributed by atoms with Crippen molar-refractivity contribution < 1.29 is 9.53 Å². The Kier molecular flexibility index (Phi) is 19.9. The summed E-state index contributed by atoms with van der Waals surface area (Å²) in [5.41, 5.74) is 5.54. The summed E-state index contributed by atoms with van der Waals surface area (Å²) in [6.07, 6.45) is 21.5. The molecule has 0 aliphatic carbocycles. The Hall–Kier alpha value is -0.220. The number of hydrogen-bond acceptors (Lipinski definition) is 4. The molecule has 0 amide bonds. The highest BCUT2D eigenvalue weighted by molar-refractivity contribution is 7.80. The van der Waals surface area contributed by atoms with Gasteiger partial charge in [0, 0.05) is 5.75 Å². The van der Waals surface area contributed by atoms with Crippen LogP contribution in [0.4, 0.5) is 0 Å². The molecular formula is C21H43NO2S. The molecule has 0 aliphatic heterocycles. The predicted octanol–water partition coefficient (Wildman–Crippen LogP) is 6.05. The Morgan fingerprint density at radius 3 is 1.48 bits per heavy atom. The summed E-state index contributed by atoms with van der Waals surface area (Å²) in [5.74, 6) is 0.0218. The van der Waals surface area contributed by atoms with E-state index in [4.69, 9.17) is 10.5 Å². The molecule has 0 heterocycles. The minimum atomic E-state index is -0.579. The van der Waals surface area contributed by atoms with Crippen LogP contribution in [-0.2, 0) is 9.53 Å². The van der Waals surface area contributed by atoms with Gasteiger partial charge in [0.05, 0.1) is 6.61 Å². The van der Waals surface area contributed by atoms with Crippen molar-refractivity contribution in [3.63, 3.8) is 0 Å². The Labute approximate surface area is 162 Å². The van der Waals surface area contributed by atoms with Crippen molar-refractivity contribution in [1.29, 1.82) is 0 Å². The van der Waals surface area contributed by atoms with E-state index in [1.165, 1.54) is 89.9 Å². The van der Waals surface area contributed by atoms with Crippen LogP contribution in [-0.4, -0.2) is 24.4 Å². The first-order valence-electron chi connectivity index (χ1n) is 10.8. The fourth-order valence-electron chi connectivity index (χ4n) is 3.00. The van der Waals surface area contributed by atoms with Crippen LogP contribution in [0.2, 0.25) is 0 Å². The van der Waals surface area contributed by atoms with Crippen molar-refractivity contribution in [3.8, 4) is 0 Å². The third kappa shape index (κ3) is 18.4. The third-order valence-electron chi connectivity index (χ3n) is 4.74. The molecular weight excluding hydrogens is 330 g/mol. The largest absolute Gasteiger partial charge is 0.465 e. The molecule has 0 aromatic rings. The molecule has 150 valence electrons. The molecule has 0 aromatic carbocycles. The van der Waals surface area contributed by atoms with Gasteiger partial charge in [0.15, 0.2) is 0 Å². The number of esters is 1. The first-order chi connectivity index (χ1) is 12.2. The van der Waals surface area contributed by atoms with Crippen LogP contribution in [0.1, 0.15) is 110 Å². The van der Waals surface area contributed by atoms with Gasteiger partial charge in [0.25, 0.3) is 0 Å². The van der Waals surface area contributed by atoms with Crippen molar-refractivity contribution in [1.82, 2.24) is 0 Å². The minimum absolute atomic E-state index is 0.323. The average molecular weight is 374 g/mol. The van der Waals surface area contributed by atoms with Crippen molar-refractivity contribution in [2.45, 2.75) is 116 Å². The number of ether oxygens (including phenoxy) is 1. The Morgan fingerprint density at radius 2 is 1.12 bits per heavy atom. The Balaban J connectivity index is 3.08. The highest BCUT2D eigenvalue weighted by atomic mass is 32.1. The molecule has 4 heteroatoms. The molecule has 0 aromatic heterocycles. The topological polar surface area (TPSA) is 52.3 Å². The summed E-state index contributed by atoms with van der Waals surface area (Å²) in [6, 6.07) is -0.579. The van der Waals surface area contributed by atoms with Crippen LogP contribution in [0.25, 0.3) is 0 Å². The van der Waals surface area contributed by atoms with E-state index >= 15 is 0 Å². The van der Waals surface area contributed by atoms with Gasteiger partial charge in [0.1, 0.15) is 6.04 Å². The van der Waals surface area contributed by atoms with Crippen LogP contribution < -0.4 is 5.73 Å². The average Bonchev–Trinajstić information content (AvgIpc) is 2.63. The SMILES string of the molecule is CCCCCCCCCCCCCCCCCCOC(=O)C(N)CS. The molecule has 0 saturated heterocycles. The van der Waals surface area contributed by atoms with Crippen molar-refractivity contribution in [2.75, 3.05) is 12.4 Å². The second-order valence-electron chi connectivity index (χ2n) is 7.26. The van der Waals surface area contributed by atoms with Gasteiger partial charge in [0.2, 0.25) is 0 Å². The Morgan fingerprint density at radius 1 is 0.760 bits per heavy atom. The van der Waals surface area contributed by atoms with Crippen molar-refractivity contribution >= 4 is 18.6 Å². The van der Waals surface area contributed by atoms with E-state index in [1.807, 2.05) is 0 Å². The lowest BCUT2D eigenvalue weighted by molar-refractivity contribution is -0.144. The number of unbranched alkanes of at least 4 members (excludes halogenated alkanes) is 15. The molecule has 0 fully saturated rings. The zero-order valence-corrected chi connectivity index (χ0v) is 17.5. The summed E-state index contributed by atoms with van der Waals surface area (Å²) in [6.45, 7) is 2.78. The fraction of sp³-hybridized carbons (Fsp3) is 0.952. The van der Waals surface area contributed by atoms with Crippen molar-refractivity contribution in [2.24, 2.45) is 5.73 Å². The number of thiol groups is 1. The first-order valence-corrected chi connectivity index (χ1v) is 11.4. The van der Waals surface area contributed by atoms with Crippen LogP contribution >= 0.6 is 12.6 Å². The lowest BCUT2D eigenvalue weighted by Crippen LogP contribution is -2.34. The van der Waals surface area contributed by atoms with Crippen LogP contribution in [0.3, 0.4) is 0 Å². The maximum atomic E-state index is 11.3. The van der Waals surface area contributed by atoms with E-state index < -0.39 is 6.04 Å². The zero-order chi connectivity index (χ0) is 18.6. The summed E-state index contributed by atoms with van der Waals surface area (Å²) >= 11 is 3.99. The van der Waals surface area contributed by atoms with Gasteiger partial charge in [-0.2, -0.15) is 12.6 Å². The van der Waals surface area contributed by atoms with Crippen LogP contribution in [0.5, 0.6) is 0 Å².